The number of nitrogens with one attached hydrogen (secondary N) is 1. The van der Waals surface area contributed by atoms with Crippen molar-refractivity contribution in [2.75, 3.05) is 37.6 Å². The minimum Gasteiger partial charge on any atom is -0.388 e. The van der Waals surface area contributed by atoms with Crippen molar-refractivity contribution in [1.82, 2.24) is 9.88 Å². The molecule has 1 aliphatic rings. The maximum absolute atomic E-state index is 13.0. The van der Waals surface area contributed by atoms with E-state index in [9.17, 15) is 9.50 Å². The van der Waals surface area contributed by atoms with Crippen molar-refractivity contribution in [3.05, 3.63) is 66.1 Å². The molecule has 4 nitrogen and oxygen atoms in total. The van der Waals surface area contributed by atoms with Crippen molar-refractivity contribution in [3.8, 4) is 0 Å². The summed E-state index contributed by atoms with van der Waals surface area (Å²) >= 11 is 0. The van der Waals surface area contributed by atoms with Gasteiger partial charge in [0.2, 0.25) is 0 Å². The van der Waals surface area contributed by atoms with E-state index in [1.165, 1.54) is 28.7 Å². The van der Waals surface area contributed by atoms with E-state index < -0.39 is 6.10 Å². The van der Waals surface area contributed by atoms with Crippen LogP contribution in [0.5, 0.6) is 0 Å². The highest BCUT2D eigenvalue weighted by molar-refractivity contribution is 5.92. The summed E-state index contributed by atoms with van der Waals surface area (Å²) in [5.74, 6) is -0.265. The third-order valence-corrected chi connectivity index (χ3v) is 5.49. The van der Waals surface area contributed by atoms with Crippen LogP contribution in [0.1, 0.15) is 24.5 Å². The highest BCUT2D eigenvalue weighted by atomic mass is 35.5. The molecule has 0 bridgehead atoms. The van der Waals surface area contributed by atoms with E-state index in [-0.39, 0.29) is 30.6 Å². The Kier molecular flexibility index (Phi) is 8.78. The quantitative estimate of drug-likeness (QED) is 0.580. The minimum atomic E-state index is -0.516. The molecule has 7 heteroatoms. The first kappa shape index (κ1) is 23.5. The van der Waals surface area contributed by atoms with Crippen LogP contribution in [0.15, 0.2) is 54.7 Å². The second-order valence-electron chi connectivity index (χ2n) is 7.25. The van der Waals surface area contributed by atoms with Gasteiger partial charge in [-0.2, -0.15) is 0 Å². The Hall–Kier alpha value is -1.79. The van der Waals surface area contributed by atoms with E-state index in [4.69, 9.17) is 0 Å². The molecule has 3 aromatic rings. The zero-order chi connectivity index (χ0) is 18.6. The molecule has 1 atom stereocenters. The average Bonchev–Trinajstić information content (AvgIpc) is 3.18. The first-order valence-corrected chi connectivity index (χ1v) is 9.67. The lowest BCUT2D eigenvalue weighted by Crippen LogP contribution is -2.46. The van der Waals surface area contributed by atoms with Crippen molar-refractivity contribution < 1.29 is 9.50 Å². The summed E-state index contributed by atoms with van der Waals surface area (Å²) in [7, 11) is 0. The lowest BCUT2D eigenvalue weighted by Gasteiger charge is -2.36. The number of aliphatic hydroxyl groups excluding tert-OH is 1. The number of aliphatic hydroxyl groups is 1. The Morgan fingerprint density at radius 3 is 2.41 bits per heavy atom. The summed E-state index contributed by atoms with van der Waals surface area (Å²) in [6.07, 6.45) is 3.12. The highest BCUT2D eigenvalue weighted by Gasteiger charge is 2.19. The van der Waals surface area contributed by atoms with E-state index >= 15 is 0 Å². The number of hydrogen-bond donors (Lipinski definition) is 2. The zero-order valence-corrected chi connectivity index (χ0v) is 17.9. The van der Waals surface area contributed by atoms with Crippen molar-refractivity contribution in [1.29, 1.82) is 0 Å². The number of rotatable bonds is 6. The highest BCUT2D eigenvalue weighted by Crippen LogP contribution is 2.27. The monoisotopic (exact) mass is 439 g/mol. The first-order chi connectivity index (χ1) is 13.2. The molecule has 29 heavy (non-hydrogen) atoms. The Labute approximate surface area is 183 Å². The Morgan fingerprint density at radius 2 is 1.69 bits per heavy atom. The normalized spacial score (nSPS) is 15.6. The Morgan fingerprint density at radius 1 is 0.966 bits per heavy atom. The summed E-state index contributed by atoms with van der Waals surface area (Å²) in [5.41, 5.74) is 3.28. The molecule has 2 aromatic carbocycles. The smallest absolute Gasteiger partial charge is 0.123 e. The van der Waals surface area contributed by atoms with Crippen LogP contribution in [-0.2, 0) is 0 Å². The van der Waals surface area contributed by atoms with Gasteiger partial charge in [0.25, 0.3) is 0 Å². The fourth-order valence-corrected chi connectivity index (χ4v) is 3.92. The molecule has 0 aliphatic carbocycles. The molecule has 0 spiro atoms. The van der Waals surface area contributed by atoms with Crippen molar-refractivity contribution in [2.24, 2.45) is 0 Å². The third-order valence-electron chi connectivity index (χ3n) is 5.49. The standard InChI is InChI=1S/C22H26FN3O.2ClH/c23-18-8-6-17(7-9-18)22(27)5-2-12-25-13-15-26(16-14-25)21-4-1-3-20-19(21)10-11-24-20;;/h1,3-4,6-11,22,24,27H,2,5,12-16H2;2*1H. The van der Waals surface area contributed by atoms with Gasteiger partial charge in [0.1, 0.15) is 5.82 Å². The third kappa shape index (κ3) is 5.64. The molecule has 0 radical (unpaired) electrons. The summed E-state index contributed by atoms with van der Waals surface area (Å²) in [6, 6.07) is 14.7. The Balaban J connectivity index is 0.00000150. The molecule has 2 heterocycles. The number of hydrogen-bond acceptors (Lipinski definition) is 3. The maximum Gasteiger partial charge on any atom is 0.123 e. The summed E-state index contributed by atoms with van der Waals surface area (Å²) in [6.45, 7) is 5.09. The SMILES string of the molecule is Cl.Cl.OC(CCCN1CCN(c2cccc3[nH]ccc23)CC1)c1ccc(F)cc1. The van der Waals surface area contributed by atoms with E-state index in [0.717, 1.165) is 44.7 Å². The molecule has 1 saturated heterocycles. The second-order valence-corrected chi connectivity index (χ2v) is 7.25. The number of anilines is 1. The van der Waals surface area contributed by atoms with Crippen molar-refractivity contribution >= 4 is 41.4 Å². The number of aromatic amines is 1. The van der Waals surface area contributed by atoms with E-state index in [0.29, 0.717) is 6.42 Å². The fraction of sp³-hybridized carbons (Fsp3) is 0.364. The lowest BCUT2D eigenvalue weighted by molar-refractivity contribution is 0.154. The van der Waals surface area contributed by atoms with Gasteiger partial charge < -0.3 is 15.0 Å². The molecule has 1 unspecified atom stereocenters. The predicted octanol–water partition coefficient (Wildman–Crippen LogP) is 4.79. The van der Waals surface area contributed by atoms with Gasteiger partial charge in [-0.3, -0.25) is 4.90 Å². The average molecular weight is 440 g/mol. The fourth-order valence-electron chi connectivity index (χ4n) is 3.92. The van der Waals surface area contributed by atoms with Crippen LogP contribution in [0.25, 0.3) is 10.9 Å². The summed E-state index contributed by atoms with van der Waals surface area (Å²) in [5, 5.41) is 11.5. The number of halogens is 3. The van der Waals surface area contributed by atoms with Crippen LogP contribution in [0, 0.1) is 5.82 Å². The molecule has 0 saturated carbocycles. The van der Waals surface area contributed by atoms with Crippen LogP contribution < -0.4 is 4.90 Å². The van der Waals surface area contributed by atoms with Gasteiger partial charge in [-0.15, -0.1) is 24.8 Å². The number of piperazine rings is 1. The molecule has 0 amide bonds. The van der Waals surface area contributed by atoms with Crippen LogP contribution in [-0.4, -0.2) is 47.7 Å². The van der Waals surface area contributed by atoms with Gasteiger partial charge in [-0.25, -0.2) is 4.39 Å². The largest absolute Gasteiger partial charge is 0.388 e. The number of aromatic nitrogens is 1. The zero-order valence-electron chi connectivity index (χ0n) is 16.3. The van der Waals surface area contributed by atoms with Gasteiger partial charge in [0.05, 0.1) is 6.10 Å². The van der Waals surface area contributed by atoms with Crippen LogP contribution in [0.4, 0.5) is 10.1 Å². The van der Waals surface area contributed by atoms with Gasteiger partial charge in [-0.05, 0) is 55.3 Å². The molecular formula is C22H28Cl2FN3O. The van der Waals surface area contributed by atoms with Gasteiger partial charge in [0.15, 0.2) is 0 Å². The number of H-pyrrole nitrogens is 1. The predicted molar refractivity (Wildman–Crippen MR) is 122 cm³/mol. The van der Waals surface area contributed by atoms with Crippen molar-refractivity contribution in [2.45, 2.75) is 18.9 Å². The number of fused-ring (bicyclic) bond motifs is 1. The molecule has 4 rings (SSSR count). The Bertz CT molecular complexity index is 879. The molecule has 1 aliphatic heterocycles. The van der Waals surface area contributed by atoms with E-state index in [1.54, 1.807) is 12.1 Å². The number of benzene rings is 2. The second kappa shape index (κ2) is 10.8. The van der Waals surface area contributed by atoms with Crippen molar-refractivity contribution in [3.63, 3.8) is 0 Å². The maximum atomic E-state index is 13.0. The summed E-state index contributed by atoms with van der Waals surface area (Å²) < 4.78 is 13.0. The molecule has 1 fully saturated rings. The lowest BCUT2D eigenvalue weighted by atomic mass is 10.0. The van der Waals surface area contributed by atoms with E-state index in [1.807, 2.05) is 6.20 Å². The van der Waals surface area contributed by atoms with Crippen LogP contribution >= 0.6 is 24.8 Å². The van der Waals surface area contributed by atoms with Gasteiger partial charge in [0, 0.05) is 49.0 Å². The van der Waals surface area contributed by atoms with Gasteiger partial charge in [-0.1, -0.05) is 18.2 Å². The number of nitrogens with zero attached hydrogens (tertiary/aromatic N) is 2. The topological polar surface area (TPSA) is 42.5 Å². The molecule has 1 aromatic heterocycles. The summed E-state index contributed by atoms with van der Waals surface area (Å²) in [4.78, 5) is 8.20. The molecular weight excluding hydrogens is 412 g/mol. The first-order valence-electron chi connectivity index (χ1n) is 9.67. The molecule has 158 valence electrons. The van der Waals surface area contributed by atoms with Crippen LogP contribution in [0.2, 0.25) is 0 Å². The molecule has 2 N–H and O–H groups in total. The van der Waals surface area contributed by atoms with E-state index in [2.05, 4.69) is 39.0 Å². The van der Waals surface area contributed by atoms with Crippen LogP contribution in [0.3, 0.4) is 0 Å². The van der Waals surface area contributed by atoms with Gasteiger partial charge >= 0.3 is 0 Å². The minimum absolute atomic E-state index is 0.